The fraction of sp³-hybridized carbons (Fsp3) is 0.517. The van der Waals surface area contributed by atoms with E-state index in [1.165, 1.54) is 13.2 Å². The fourth-order valence-electron chi connectivity index (χ4n) is 5.99. The van der Waals surface area contributed by atoms with Crippen LogP contribution < -0.4 is 21.9 Å². The predicted molar refractivity (Wildman–Crippen MR) is 157 cm³/mol. The lowest BCUT2D eigenvalue weighted by Crippen LogP contribution is -2.56. The Labute approximate surface area is 248 Å². The van der Waals surface area contributed by atoms with Gasteiger partial charge in [0.2, 0.25) is 5.91 Å². The van der Waals surface area contributed by atoms with Gasteiger partial charge in [-0.1, -0.05) is 23.7 Å². The number of esters is 1. The highest BCUT2D eigenvalue weighted by Crippen LogP contribution is 2.29. The average Bonchev–Trinajstić information content (AvgIpc) is 2.97. The molecule has 2 aromatic rings. The minimum absolute atomic E-state index is 0.00456. The van der Waals surface area contributed by atoms with Gasteiger partial charge in [0, 0.05) is 32.4 Å². The zero-order chi connectivity index (χ0) is 29.8. The van der Waals surface area contributed by atoms with Gasteiger partial charge < -0.3 is 30.8 Å². The number of benzene rings is 1. The van der Waals surface area contributed by atoms with Gasteiger partial charge in [0.1, 0.15) is 17.5 Å². The minimum atomic E-state index is -0.630. The second kappa shape index (κ2) is 13.2. The van der Waals surface area contributed by atoms with E-state index in [2.05, 4.69) is 20.5 Å². The molecule has 5 N–H and O–H groups in total. The summed E-state index contributed by atoms with van der Waals surface area (Å²) in [7, 11) is 1.54. The molecule has 13 heteroatoms. The van der Waals surface area contributed by atoms with E-state index < -0.39 is 11.5 Å². The molecule has 12 nitrogen and oxygen atoms in total. The number of aromatic amines is 1. The largest absolute Gasteiger partial charge is 0.460 e. The third kappa shape index (κ3) is 7.30. The first-order chi connectivity index (χ1) is 20.2. The molecular weight excluding hydrogens is 564 g/mol. The van der Waals surface area contributed by atoms with Crippen molar-refractivity contribution in [3.8, 4) is 0 Å². The molecule has 0 radical (unpaired) electrons. The number of carbonyl (C=O) groups is 3. The van der Waals surface area contributed by atoms with E-state index in [0.717, 1.165) is 38.0 Å². The Hall–Kier alpha value is -3.45. The maximum atomic E-state index is 12.8. The van der Waals surface area contributed by atoms with Crippen LogP contribution in [0.2, 0.25) is 5.02 Å². The number of nitrogens with zero attached hydrogens (tertiary/aromatic N) is 2. The molecule has 1 aromatic carbocycles. The van der Waals surface area contributed by atoms with Gasteiger partial charge in [-0.2, -0.15) is 0 Å². The van der Waals surface area contributed by atoms with E-state index in [-0.39, 0.29) is 59.5 Å². The Morgan fingerprint density at radius 2 is 1.81 bits per heavy atom. The van der Waals surface area contributed by atoms with Crippen molar-refractivity contribution < 1.29 is 23.9 Å². The molecule has 0 saturated carbocycles. The van der Waals surface area contributed by atoms with Crippen LogP contribution in [0.4, 0.5) is 11.5 Å². The number of nitrogens with two attached hydrogens (primary N) is 1. The molecule has 1 unspecified atom stereocenters. The first-order valence-corrected chi connectivity index (χ1v) is 14.6. The second-order valence-electron chi connectivity index (χ2n) is 11.2. The van der Waals surface area contributed by atoms with Crippen LogP contribution in [0.15, 0.2) is 35.1 Å². The van der Waals surface area contributed by atoms with Crippen molar-refractivity contribution in [3.05, 3.63) is 56.8 Å². The summed E-state index contributed by atoms with van der Waals surface area (Å²) in [5, 5.41) is 5.82. The van der Waals surface area contributed by atoms with E-state index in [1.807, 2.05) is 17.0 Å². The molecular formula is C29H37ClN6O6. The van der Waals surface area contributed by atoms with Crippen molar-refractivity contribution in [3.63, 3.8) is 0 Å². The number of nitrogens with one attached hydrogen (secondary N) is 3. The van der Waals surface area contributed by atoms with Crippen molar-refractivity contribution >= 4 is 40.9 Å². The van der Waals surface area contributed by atoms with Crippen LogP contribution in [0, 0.1) is 5.92 Å². The fourth-order valence-corrected chi connectivity index (χ4v) is 6.15. The molecule has 2 amide bonds. The third-order valence-corrected chi connectivity index (χ3v) is 8.67. The highest BCUT2D eigenvalue weighted by Gasteiger charge is 2.36. The number of nitrogen functional groups attached to an aromatic ring is 1. The lowest BCUT2D eigenvalue weighted by Gasteiger charge is -2.43. The monoisotopic (exact) mass is 600 g/mol. The Balaban J connectivity index is 1.07. The van der Waals surface area contributed by atoms with Crippen LogP contribution in [-0.2, 0) is 25.5 Å². The number of rotatable bonds is 9. The number of amides is 2. The number of pyridine rings is 1. The molecule has 0 aliphatic carbocycles. The van der Waals surface area contributed by atoms with Gasteiger partial charge in [-0.15, -0.1) is 0 Å². The third-order valence-electron chi connectivity index (χ3n) is 8.36. The normalized spacial score (nSPS) is 25.5. The van der Waals surface area contributed by atoms with Crippen molar-refractivity contribution in [2.24, 2.45) is 5.92 Å². The van der Waals surface area contributed by atoms with Gasteiger partial charge in [0.25, 0.3) is 11.5 Å². The number of halogens is 1. The van der Waals surface area contributed by atoms with Crippen LogP contribution in [-0.4, -0.2) is 97.2 Å². The average molecular weight is 601 g/mol. The van der Waals surface area contributed by atoms with Gasteiger partial charge in [0.05, 0.1) is 30.1 Å². The quantitative estimate of drug-likeness (QED) is 0.311. The van der Waals surface area contributed by atoms with Gasteiger partial charge in [-0.3, -0.25) is 29.0 Å². The van der Waals surface area contributed by atoms with Gasteiger partial charge in [-0.25, -0.2) is 0 Å². The molecule has 5 heterocycles. The van der Waals surface area contributed by atoms with Crippen LogP contribution in [0.5, 0.6) is 0 Å². The first kappa shape index (κ1) is 30.0. The first-order valence-electron chi connectivity index (χ1n) is 14.2. The summed E-state index contributed by atoms with van der Waals surface area (Å²) in [6.45, 7) is 4.12. The molecule has 0 spiro atoms. The molecule has 6 rings (SSSR count). The SMILES string of the molecule is CO[C@H]1CN(CC(=O)Nc2ccc(CC(=O)OC3CN4CCC3CC4)cc2)CC[C@H]1NC(=O)c1cc(Cl)c(N)[nH]c1=O. The van der Waals surface area contributed by atoms with Crippen molar-refractivity contribution in [2.75, 3.05) is 57.4 Å². The van der Waals surface area contributed by atoms with Gasteiger partial charge in [0.15, 0.2) is 0 Å². The summed E-state index contributed by atoms with van der Waals surface area (Å²) in [5.41, 5.74) is 6.28. The number of anilines is 2. The summed E-state index contributed by atoms with van der Waals surface area (Å²) in [4.78, 5) is 56.8. The van der Waals surface area contributed by atoms with Crippen LogP contribution in [0.3, 0.4) is 0 Å². The van der Waals surface area contributed by atoms with Crippen LogP contribution in [0.1, 0.15) is 35.2 Å². The molecule has 1 aromatic heterocycles. The number of H-pyrrole nitrogens is 1. The number of ether oxygens (including phenoxy) is 2. The number of aromatic nitrogens is 1. The van der Waals surface area contributed by atoms with E-state index >= 15 is 0 Å². The molecule has 4 saturated heterocycles. The summed E-state index contributed by atoms with van der Waals surface area (Å²) in [6.07, 6.45) is 2.50. The highest BCUT2D eigenvalue weighted by molar-refractivity contribution is 6.33. The zero-order valence-electron chi connectivity index (χ0n) is 23.6. The van der Waals surface area contributed by atoms with E-state index in [0.29, 0.717) is 31.1 Å². The Kier molecular flexibility index (Phi) is 9.47. The van der Waals surface area contributed by atoms with Gasteiger partial charge >= 0.3 is 5.97 Å². The molecule has 4 aliphatic rings. The van der Waals surface area contributed by atoms with Crippen molar-refractivity contribution in [1.82, 2.24) is 20.1 Å². The maximum absolute atomic E-state index is 12.8. The van der Waals surface area contributed by atoms with Crippen molar-refractivity contribution in [2.45, 2.75) is 43.9 Å². The van der Waals surface area contributed by atoms with Crippen molar-refractivity contribution in [1.29, 1.82) is 0 Å². The Bertz CT molecular complexity index is 1360. The summed E-state index contributed by atoms with van der Waals surface area (Å²) in [5.74, 6) is -0.519. The number of hydrogen-bond acceptors (Lipinski definition) is 9. The zero-order valence-corrected chi connectivity index (χ0v) is 24.3. The van der Waals surface area contributed by atoms with Crippen LogP contribution >= 0.6 is 11.6 Å². The molecule has 4 aliphatic heterocycles. The van der Waals surface area contributed by atoms with E-state index in [9.17, 15) is 19.2 Å². The Morgan fingerprint density at radius 1 is 1.07 bits per heavy atom. The maximum Gasteiger partial charge on any atom is 0.310 e. The topological polar surface area (TPSA) is 159 Å². The minimum Gasteiger partial charge on any atom is -0.460 e. The predicted octanol–water partition coefficient (Wildman–Crippen LogP) is 1.25. The van der Waals surface area contributed by atoms with E-state index in [1.54, 1.807) is 12.1 Å². The number of carbonyl (C=O) groups excluding carboxylic acids is 3. The highest BCUT2D eigenvalue weighted by atomic mass is 35.5. The van der Waals surface area contributed by atoms with Gasteiger partial charge in [-0.05, 0) is 62.0 Å². The van der Waals surface area contributed by atoms with E-state index in [4.69, 9.17) is 26.8 Å². The smallest absolute Gasteiger partial charge is 0.310 e. The number of piperidine rings is 4. The lowest BCUT2D eigenvalue weighted by molar-refractivity contribution is -0.157. The summed E-state index contributed by atoms with van der Waals surface area (Å²) >= 11 is 5.96. The number of hydrogen-bond donors (Lipinski definition) is 4. The Morgan fingerprint density at radius 3 is 2.48 bits per heavy atom. The van der Waals surface area contributed by atoms with Crippen LogP contribution in [0.25, 0.3) is 0 Å². The summed E-state index contributed by atoms with van der Waals surface area (Å²) in [6, 6.07) is 8.08. The number of methoxy groups -OCH3 is 1. The second-order valence-corrected chi connectivity index (χ2v) is 11.6. The molecule has 2 bridgehead atoms. The molecule has 3 atom stereocenters. The standard InChI is InChI=1S/C29H37ClN6O6/c1-41-24-15-36(11-8-22(24)33-28(39)20-13-21(30)27(31)34-29(20)40)16-25(37)32-19-4-2-17(3-5-19)12-26(38)42-23-14-35-9-6-18(23)7-10-35/h2-5,13,18,22-24H,6-12,14-16H2,1H3,(H,32,37)(H,33,39)(H3,31,34,40)/t22-,23?,24+/m1/s1. The molecule has 226 valence electrons. The summed E-state index contributed by atoms with van der Waals surface area (Å²) < 4.78 is 11.4. The number of fused-ring (bicyclic) bond motifs is 3. The number of likely N-dealkylation sites (tertiary alicyclic amines) is 1. The molecule has 4 fully saturated rings. The lowest BCUT2D eigenvalue weighted by atomic mass is 9.86. The molecule has 42 heavy (non-hydrogen) atoms.